The van der Waals surface area contributed by atoms with Crippen LogP contribution in [-0.4, -0.2) is 26.3 Å². The molecule has 1 aromatic rings. The van der Waals surface area contributed by atoms with Crippen LogP contribution in [0.4, 0.5) is 11.4 Å². The SMILES string of the molecule is Cc1cc(Cl)c(N2CCOCC2)c(C)c1N. The second kappa shape index (κ2) is 4.52. The normalized spacial score (nSPS) is 16.6. The van der Waals surface area contributed by atoms with E-state index in [4.69, 9.17) is 22.1 Å². The van der Waals surface area contributed by atoms with Gasteiger partial charge in [-0.3, -0.25) is 0 Å². The van der Waals surface area contributed by atoms with Crippen molar-refractivity contribution < 1.29 is 4.74 Å². The van der Waals surface area contributed by atoms with Crippen molar-refractivity contribution in [3.05, 3.63) is 22.2 Å². The average Bonchev–Trinajstić information content (AvgIpc) is 2.28. The van der Waals surface area contributed by atoms with E-state index in [1.54, 1.807) is 0 Å². The Morgan fingerprint density at radius 1 is 1.31 bits per heavy atom. The molecule has 0 aromatic heterocycles. The molecular formula is C12H17ClN2O. The van der Waals surface area contributed by atoms with Gasteiger partial charge in [-0.05, 0) is 31.0 Å². The van der Waals surface area contributed by atoms with Crippen molar-refractivity contribution in [3.63, 3.8) is 0 Å². The lowest BCUT2D eigenvalue weighted by Gasteiger charge is -2.31. The first-order chi connectivity index (χ1) is 7.61. The smallest absolute Gasteiger partial charge is 0.0646 e. The minimum atomic E-state index is 0.754. The topological polar surface area (TPSA) is 38.5 Å². The predicted molar refractivity (Wildman–Crippen MR) is 68.4 cm³/mol. The molecule has 1 aliphatic rings. The average molecular weight is 241 g/mol. The fourth-order valence-electron chi connectivity index (χ4n) is 2.11. The number of aryl methyl sites for hydroxylation is 1. The highest BCUT2D eigenvalue weighted by atomic mass is 35.5. The summed E-state index contributed by atoms with van der Waals surface area (Å²) in [5.41, 5.74) is 10.1. The van der Waals surface area contributed by atoms with Crippen molar-refractivity contribution in [3.8, 4) is 0 Å². The molecule has 1 fully saturated rings. The maximum absolute atomic E-state index is 6.30. The summed E-state index contributed by atoms with van der Waals surface area (Å²) < 4.78 is 5.34. The van der Waals surface area contributed by atoms with E-state index in [1.165, 1.54) is 0 Å². The molecule has 16 heavy (non-hydrogen) atoms. The van der Waals surface area contributed by atoms with Gasteiger partial charge in [0, 0.05) is 18.8 Å². The lowest BCUT2D eigenvalue weighted by Crippen LogP contribution is -2.37. The number of benzene rings is 1. The number of anilines is 2. The van der Waals surface area contributed by atoms with Crippen LogP contribution in [0.3, 0.4) is 0 Å². The van der Waals surface area contributed by atoms with Gasteiger partial charge in [0.05, 0.1) is 23.9 Å². The van der Waals surface area contributed by atoms with E-state index in [0.29, 0.717) is 0 Å². The van der Waals surface area contributed by atoms with Gasteiger partial charge in [-0.15, -0.1) is 0 Å². The zero-order valence-corrected chi connectivity index (χ0v) is 10.5. The van der Waals surface area contributed by atoms with Gasteiger partial charge in [0.2, 0.25) is 0 Å². The first-order valence-corrected chi connectivity index (χ1v) is 5.87. The van der Waals surface area contributed by atoms with Crippen molar-refractivity contribution in [1.29, 1.82) is 0 Å². The maximum atomic E-state index is 6.30. The van der Waals surface area contributed by atoms with Crippen molar-refractivity contribution in [1.82, 2.24) is 0 Å². The van der Waals surface area contributed by atoms with E-state index >= 15 is 0 Å². The van der Waals surface area contributed by atoms with Gasteiger partial charge in [-0.25, -0.2) is 0 Å². The number of hydrogen-bond acceptors (Lipinski definition) is 3. The summed E-state index contributed by atoms with van der Waals surface area (Å²) >= 11 is 6.30. The lowest BCUT2D eigenvalue weighted by atomic mass is 10.1. The molecule has 0 aliphatic carbocycles. The lowest BCUT2D eigenvalue weighted by molar-refractivity contribution is 0.122. The Labute approximate surface area is 101 Å². The quantitative estimate of drug-likeness (QED) is 0.766. The van der Waals surface area contributed by atoms with E-state index in [1.807, 2.05) is 19.9 Å². The molecular weight excluding hydrogens is 224 g/mol. The largest absolute Gasteiger partial charge is 0.398 e. The molecule has 0 radical (unpaired) electrons. The second-order valence-electron chi connectivity index (χ2n) is 4.16. The highest BCUT2D eigenvalue weighted by molar-refractivity contribution is 6.33. The van der Waals surface area contributed by atoms with Crippen molar-refractivity contribution in [2.24, 2.45) is 0 Å². The zero-order chi connectivity index (χ0) is 11.7. The summed E-state index contributed by atoms with van der Waals surface area (Å²) in [7, 11) is 0. The van der Waals surface area contributed by atoms with Crippen LogP contribution in [0.15, 0.2) is 6.07 Å². The Morgan fingerprint density at radius 3 is 2.56 bits per heavy atom. The number of nitrogen functional groups attached to an aromatic ring is 1. The molecule has 0 saturated carbocycles. The molecule has 2 rings (SSSR count). The third kappa shape index (κ3) is 1.97. The molecule has 0 amide bonds. The van der Waals surface area contributed by atoms with Gasteiger partial charge in [-0.2, -0.15) is 0 Å². The Bertz CT molecular complexity index is 400. The third-order valence-corrected chi connectivity index (χ3v) is 3.37. The Morgan fingerprint density at radius 2 is 1.94 bits per heavy atom. The van der Waals surface area contributed by atoms with E-state index in [0.717, 1.165) is 53.8 Å². The summed E-state index contributed by atoms with van der Waals surface area (Å²) in [5.74, 6) is 0. The molecule has 1 aliphatic heterocycles. The van der Waals surface area contributed by atoms with E-state index in [-0.39, 0.29) is 0 Å². The van der Waals surface area contributed by atoms with Crippen molar-refractivity contribution >= 4 is 23.0 Å². The van der Waals surface area contributed by atoms with Gasteiger partial charge in [-0.1, -0.05) is 11.6 Å². The van der Waals surface area contributed by atoms with Crippen LogP contribution in [-0.2, 0) is 4.74 Å². The van der Waals surface area contributed by atoms with Gasteiger partial charge < -0.3 is 15.4 Å². The molecule has 0 unspecified atom stereocenters. The van der Waals surface area contributed by atoms with Crippen LogP contribution >= 0.6 is 11.6 Å². The monoisotopic (exact) mass is 240 g/mol. The molecule has 1 aromatic carbocycles. The van der Waals surface area contributed by atoms with Crippen molar-refractivity contribution in [2.75, 3.05) is 36.9 Å². The fraction of sp³-hybridized carbons (Fsp3) is 0.500. The molecule has 0 bridgehead atoms. The van der Waals surface area contributed by atoms with Gasteiger partial charge >= 0.3 is 0 Å². The Kier molecular flexibility index (Phi) is 3.26. The summed E-state index contributed by atoms with van der Waals surface area (Å²) in [6.45, 7) is 7.27. The molecule has 1 saturated heterocycles. The highest BCUT2D eigenvalue weighted by Gasteiger charge is 2.18. The first-order valence-electron chi connectivity index (χ1n) is 5.49. The van der Waals surface area contributed by atoms with Crippen LogP contribution in [0.1, 0.15) is 11.1 Å². The van der Waals surface area contributed by atoms with Crippen LogP contribution in [0, 0.1) is 13.8 Å². The number of halogens is 1. The minimum Gasteiger partial charge on any atom is -0.398 e. The van der Waals surface area contributed by atoms with Crippen LogP contribution in [0.5, 0.6) is 0 Å². The number of nitrogens with zero attached hydrogens (tertiary/aromatic N) is 1. The van der Waals surface area contributed by atoms with Crippen molar-refractivity contribution in [2.45, 2.75) is 13.8 Å². The van der Waals surface area contributed by atoms with Crippen LogP contribution in [0.25, 0.3) is 0 Å². The number of ether oxygens (including phenoxy) is 1. The number of morpholine rings is 1. The summed E-state index contributed by atoms with van der Waals surface area (Å²) in [4.78, 5) is 2.25. The molecule has 1 heterocycles. The maximum Gasteiger partial charge on any atom is 0.0646 e. The Balaban J connectivity index is 2.42. The third-order valence-electron chi connectivity index (χ3n) is 3.08. The molecule has 88 valence electrons. The van der Waals surface area contributed by atoms with Crippen LogP contribution < -0.4 is 10.6 Å². The second-order valence-corrected chi connectivity index (χ2v) is 4.57. The first kappa shape index (κ1) is 11.6. The van der Waals surface area contributed by atoms with Gasteiger partial charge in [0.15, 0.2) is 0 Å². The highest BCUT2D eigenvalue weighted by Crippen LogP contribution is 2.35. The summed E-state index contributed by atoms with van der Waals surface area (Å²) in [6.07, 6.45) is 0. The molecule has 0 atom stereocenters. The van der Waals surface area contributed by atoms with Crippen LogP contribution in [0.2, 0.25) is 5.02 Å². The number of nitrogens with two attached hydrogens (primary N) is 1. The standard InChI is InChI=1S/C12H17ClN2O/c1-8-7-10(13)12(9(2)11(8)14)15-3-5-16-6-4-15/h7H,3-6,14H2,1-2H3. The molecule has 2 N–H and O–H groups in total. The van der Waals surface area contributed by atoms with E-state index in [9.17, 15) is 0 Å². The predicted octanol–water partition coefficient (Wildman–Crippen LogP) is 2.38. The van der Waals surface area contributed by atoms with Gasteiger partial charge in [0.1, 0.15) is 0 Å². The summed E-state index contributed by atoms with van der Waals surface area (Å²) in [6, 6.07) is 1.94. The molecule has 0 spiro atoms. The van der Waals surface area contributed by atoms with Gasteiger partial charge in [0.25, 0.3) is 0 Å². The van der Waals surface area contributed by atoms with E-state index < -0.39 is 0 Å². The zero-order valence-electron chi connectivity index (χ0n) is 9.72. The number of hydrogen-bond donors (Lipinski definition) is 1. The summed E-state index contributed by atoms with van der Waals surface area (Å²) in [5, 5.41) is 0.783. The molecule has 3 nitrogen and oxygen atoms in total. The van der Waals surface area contributed by atoms with E-state index in [2.05, 4.69) is 4.90 Å². The fourth-order valence-corrected chi connectivity index (χ4v) is 2.54. The Hall–Kier alpha value is -0.930. The molecule has 4 heteroatoms. The number of rotatable bonds is 1. The minimum absolute atomic E-state index is 0.754.